The molecule has 0 aliphatic carbocycles. The number of amides is 1. The number of aromatic nitrogens is 2. The fraction of sp³-hybridized carbons (Fsp3) is 0.421. The molecule has 1 unspecified atom stereocenters. The van der Waals surface area contributed by atoms with Crippen LogP contribution in [-0.4, -0.2) is 26.8 Å². The molecule has 0 bridgehead atoms. The van der Waals surface area contributed by atoms with Crippen molar-refractivity contribution in [3.8, 4) is 0 Å². The number of hydrogen-bond donors (Lipinski definition) is 2. The summed E-state index contributed by atoms with van der Waals surface area (Å²) in [4.78, 5) is 20.0. The zero-order valence-corrected chi connectivity index (χ0v) is 15.6. The minimum atomic E-state index is -1.08. The van der Waals surface area contributed by atoms with Crippen molar-refractivity contribution in [2.45, 2.75) is 51.7 Å². The molecule has 2 rings (SSSR count). The van der Waals surface area contributed by atoms with E-state index in [4.69, 9.17) is 4.74 Å². The molecule has 0 aromatic carbocycles. The van der Waals surface area contributed by atoms with E-state index in [0.717, 1.165) is 0 Å². The SMILES string of the molecule is CC(C)(C)OC(=O)Nc1ccc(C(O)C(C)(C)c2ncccc2F)nc1. The normalized spacial score (nSPS) is 13.2. The number of ether oxygens (including phenoxy) is 1. The summed E-state index contributed by atoms with van der Waals surface area (Å²) >= 11 is 0. The van der Waals surface area contributed by atoms with E-state index in [0.29, 0.717) is 11.4 Å². The Morgan fingerprint density at radius 2 is 1.88 bits per heavy atom. The molecule has 6 nitrogen and oxygen atoms in total. The number of aliphatic hydroxyl groups is 1. The molecule has 1 atom stereocenters. The second-order valence-electron chi connectivity index (χ2n) is 7.56. The lowest BCUT2D eigenvalue weighted by atomic mass is 9.80. The summed E-state index contributed by atoms with van der Waals surface area (Å²) in [5, 5.41) is 13.2. The minimum absolute atomic E-state index is 0.158. The Bertz CT molecular complexity index is 770. The number of rotatable bonds is 4. The average molecular weight is 361 g/mol. The molecule has 2 aromatic rings. The monoisotopic (exact) mass is 361 g/mol. The van der Waals surface area contributed by atoms with Gasteiger partial charge in [0.2, 0.25) is 0 Å². The molecule has 0 aliphatic heterocycles. The lowest BCUT2D eigenvalue weighted by molar-refractivity contribution is 0.0636. The van der Waals surface area contributed by atoms with Crippen LogP contribution in [-0.2, 0) is 10.2 Å². The van der Waals surface area contributed by atoms with Crippen LogP contribution in [0.3, 0.4) is 0 Å². The molecule has 0 aliphatic rings. The Hall–Kier alpha value is -2.54. The molecule has 0 spiro atoms. The number of pyridine rings is 2. The number of carbonyl (C=O) groups is 1. The summed E-state index contributed by atoms with van der Waals surface area (Å²) < 4.78 is 19.2. The van der Waals surface area contributed by atoms with E-state index in [-0.39, 0.29) is 5.69 Å². The fourth-order valence-corrected chi connectivity index (χ4v) is 2.42. The first-order valence-corrected chi connectivity index (χ1v) is 8.26. The van der Waals surface area contributed by atoms with Gasteiger partial charge in [-0.1, -0.05) is 13.8 Å². The van der Waals surface area contributed by atoms with Crippen molar-refractivity contribution < 1.29 is 19.0 Å². The maximum Gasteiger partial charge on any atom is 0.412 e. The van der Waals surface area contributed by atoms with E-state index in [1.165, 1.54) is 24.5 Å². The molecule has 0 saturated heterocycles. The summed E-state index contributed by atoms with van der Waals surface area (Å²) in [6.45, 7) is 8.69. The second-order valence-corrected chi connectivity index (χ2v) is 7.56. The van der Waals surface area contributed by atoms with Crippen molar-refractivity contribution >= 4 is 11.8 Å². The Morgan fingerprint density at radius 1 is 1.19 bits per heavy atom. The quantitative estimate of drug-likeness (QED) is 0.861. The highest BCUT2D eigenvalue weighted by Gasteiger charge is 2.35. The maximum absolute atomic E-state index is 14.0. The average Bonchev–Trinajstić information content (AvgIpc) is 2.53. The number of halogens is 1. The molecular weight excluding hydrogens is 337 g/mol. The third kappa shape index (κ3) is 4.76. The van der Waals surface area contributed by atoms with Crippen molar-refractivity contribution in [3.05, 3.63) is 53.9 Å². The zero-order valence-electron chi connectivity index (χ0n) is 15.6. The van der Waals surface area contributed by atoms with Crippen LogP contribution in [0.1, 0.15) is 52.1 Å². The van der Waals surface area contributed by atoms with E-state index in [1.54, 1.807) is 46.8 Å². The molecule has 0 saturated carbocycles. The molecule has 26 heavy (non-hydrogen) atoms. The number of aliphatic hydroxyl groups excluding tert-OH is 1. The Labute approximate surface area is 152 Å². The second kappa shape index (κ2) is 7.37. The lowest BCUT2D eigenvalue weighted by Gasteiger charge is -2.29. The van der Waals surface area contributed by atoms with E-state index in [9.17, 15) is 14.3 Å². The summed E-state index contributed by atoms with van der Waals surface area (Å²) in [7, 11) is 0. The van der Waals surface area contributed by atoms with Gasteiger partial charge in [-0.15, -0.1) is 0 Å². The van der Waals surface area contributed by atoms with Crippen LogP contribution >= 0.6 is 0 Å². The van der Waals surface area contributed by atoms with Crippen LogP contribution in [0.25, 0.3) is 0 Å². The molecule has 2 heterocycles. The molecule has 0 radical (unpaired) electrons. The lowest BCUT2D eigenvalue weighted by Crippen LogP contribution is -2.30. The van der Waals surface area contributed by atoms with Crippen LogP contribution in [0.15, 0.2) is 36.7 Å². The highest BCUT2D eigenvalue weighted by Crippen LogP contribution is 2.36. The van der Waals surface area contributed by atoms with Crippen molar-refractivity contribution in [1.82, 2.24) is 9.97 Å². The van der Waals surface area contributed by atoms with Gasteiger partial charge in [0.25, 0.3) is 0 Å². The van der Waals surface area contributed by atoms with E-state index < -0.39 is 29.0 Å². The Kier molecular flexibility index (Phi) is 5.61. The number of anilines is 1. The van der Waals surface area contributed by atoms with Crippen LogP contribution in [0.4, 0.5) is 14.9 Å². The maximum atomic E-state index is 14.0. The summed E-state index contributed by atoms with van der Waals surface area (Å²) in [6.07, 6.45) is 1.22. The highest BCUT2D eigenvalue weighted by molar-refractivity contribution is 5.84. The van der Waals surface area contributed by atoms with Gasteiger partial charge in [0.05, 0.1) is 23.3 Å². The van der Waals surface area contributed by atoms with Gasteiger partial charge in [-0.3, -0.25) is 15.3 Å². The number of carbonyl (C=O) groups excluding carboxylic acids is 1. The van der Waals surface area contributed by atoms with Gasteiger partial charge in [-0.25, -0.2) is 9.18 Å². The molecular formula is C19H24FN3O3. The first kappa shape index (κ1) is 19.8. The standard InChI is InChI=1S/C19H24FN3O3/c1-18(2,3)26-17(25)23-12-8-9-14(22-11-12)16(24)19(4,5)15-13(20)7-6-10-21-15/h6-11,16,24H,1-5H3,(H,23,25). The summed E-state index contributed by atoms with van der Waals surface area (Å²) in [6, 6.07) is 5.97. The predicted molar refractivity (Wildman–Crippen MR) is 96.3 cm³/mol. The highest BCUT2D eigenvalue weighted by atomic mass is 19.1. The molecule has 7 heteroatoms. The predicted octanol–water partition coefficient (Wildman–Crippen LogP) is 3.97. The molecule has 140 valence electrons. The van der Waals surface area contributed by atoms with E-state index >= 15 is 0 Å². The molecule has 1 amide bonds. The van der Waals surface area contributed by atoms with Gasteiger partial charge < -0.3 is 9.84 Å². The van der Waals surface area contributed by atoms with E-state index in [1.807, 2.05) is 0 Å². The first-order valence-electron chi connectivity index (χ1n) is 8.26. The summed E-state index contributed by atoms with van der Waals surface area (Å²) in [5.74, 6) is -0.486. The Morgan fingerprint density at radius 3 is 2.42 bits per heavy atom. The minimum Gasteiger partial charge on any atom is -0.444 e. The van der Waals surface area contributed by atoms with Gasteiger partial charge in [0.1, 0.15) is 17.5 Å². The molecule has 0 fully saturated rings. The molecule has 2 N–H and O–H groups in total. The first-order chi connectivity index (χ1) is 12.0. The van der Waals surface area contributed by atoms with Crippen LogP contribution < -0.4 is 5.32 Å². The van der Waals surface area contributed by atoms with Gasteiger partial charge in [0.15, 0.2) is 0 Å². The third-order valence-electron chi connectivity index (χ3n) is 3.76. The van der Waals surface area contributed by atoms with Gasteiger partial charge in [0, 0.05) is 11.6 Å². The zero-order chi connectivity index (χ0) is 19.5. The van der Waals surface area contributed by atoms with Crippen molar-refractivity contribution in [3.63, 3.8) is 0 Å². The Balaban J connectivity index is 2.15. The van der Waals surface area contributed by atoms with E-state index in [2.05, 4.69) is 15.3 Å². The smallest absolute Gasteiger partial charge is 0.412 e. The van der Waals surface area contributed by atoms with Gasteiger partial charge >= 0.3 is 6.09 Å². The van der Waals surface area contributed by atoms with Crippen LogP contribution in [0.5, 0.6) is 0 Å². The van der Waals surface area contributed by atoms with Crippen LogP contribution in [0, 0.1) is 5.82 Å². The van der Waals surface area contributed by atoms with Gasteiger partial charge in [-0.05, 0) is 45.0 Å². The van der Waals surface area contributed by atoms with Crippen molar-refractivity contribution in [2.75, 3.05) is 5.32 Å². The van der Waals surface area contributed by atoms with Crippen LogP contribution in [0.2, 0.25) is 0 Å². The van der Waals surface area contributed by atoms with Gasteiger partial charge in [-0.2, -0.15) is 0 Å². The fourth-order valence-electron chi connectivity index (χ4n) is 2.42. The number of hydrogen-bond acceptors (Lipinski definition) is 5. The number of nitrogens with one attached hydrogen (secondary N) is 1. The number of nitrogens with zero attached hydrogens (tertiary/aromatic N) is 2. The molecule has 2 aromatic heterocycles. The third-order valence-corrected chi connectivity index (χ3v) is 3.76. The van der Waals surface area contributed by atoms with Crippen molar-refractivity contribution in [2.24, 2.45) is 0 Å². The summed E-state index contributed by atoms with van der Waals surface area (Å²) in [5.41, 5.74) is -0.667. The van der Waals surface area contributed by atoms with Crippen molar-refractivity contribution in [1.29, 1.82) is 0 Å². The largest absolute Gasteiger partial charge is 0.444 e. The topological polar surface area (TPSA) is 84.3 Å².